The van der Waals surface area contributed by atoms with Crippen LogP contribution in [-0.2, 0) is 21.0 Å². The number of carbonyl (C=O) groups is 1. The molecule has 13 heteroatoms. The molecule has 0 radical (unpaired) electrons. The minimum Gasteiger partial charge on any atom is -0.390 e. The van der Waals surface area contributed by atoms with Crippen molar-refractivity contribution in [1.29, 1.82) is 0 Å². The number of aromatic nitrogens is 4. The molecule has 0 bridgehead atoms. The number of hydrogen-bond acceptors (Lipinski definition) is 9. The van der Waals surface area contributed by atoms with Crippen LogP contribution in [0.25, 0.3) is 0 Å². The van der Waals surface area contributed by atoms with Crippen molar-refractivity contribution >= 4 is 21.9 Å². The Hall–Kier alpha value is -3.26. The van der Waals surface area contributed by atoms with Crippen LogP contribution in [0.2, 0.25) is 0 Å². The molecule has 34 heavy (non-hydrogen) atoms. The second kappa shape index (κ2) is 9.93. The fraction of sp³-hybridized carbons (Fsp3) is 0.333. The van der Waals surface area contributed by atoms with E-state index in [9.17, 15) is 22.7 Å². The molecule has 0 aliphatic heterocycles. The summed E-state index contributed by atoms with van der Waals surface area (Å²) in [5.74, 6) is -1.20. The third kappa shape index (κ3) is 5.62. The number of nitrogens with two attached hydrogens (primary N) is 1. The van der Waals surface area contributed by atoms with Crippen molar-refractivity contribution < 1.29 is 26.9 Å². The Balaban J connectivity index is 1.47. The Morgan fingerprint density at radius 2 is 2.06 bits per heavy atom. The van der Waals surface area contributed by atoms with Crippen molar-refractivity contribution in [3.8, 4) is 0 Å². The van der Waals surface area contributed by atoms with E-state index in [2.05, 4.69) is 24.6 Å². The van der Waals surface area contributed by atoms with Crippen LogP contribution in [-0.4, -0.2) is 64.0 Å². The number of aliphatic hydroxyl groups excluding tert-OH is 1. The van der Waals surface area contributed by atoms with Crippen molar-refractivity contribution in [2.75, 3.05) is 11.9 Å². The molecule has 0 saturated heterocycles. The van der Waals surface area contributed by atoms with Gasteiger partial charge in [-0.2, -0.15) is 13.5 Å². The molecule has 1 saturated carbocycles. The van der Waals surface area contributed by atoms with Crippen LogP contribution >= 0.6 is 0 Å². The van der Waals surface area contributed by atoms with E-state index in [-0.39, 0.29) is 23.5 Å². The number of carbonyl (C=O) groups excluding carboxylic acids is 1. The maximum atomic E-state index is 14.7. The third-order valence-electron chi connectivity index (χ3n) is 5.54. The predicted molar refractivity (Wildman–Crippen MR) is 119 cm³/mol. The van der Waals surface area contributed by atoms with Gasteiger partial charge in [0, 0.05) is 18.3 Å². The van der Waals surface area contributed by atoms with Crippen LogP contribution in [0.4, 0.5) is 10.2 Å². The largest absolute Gasteiger partial charge is 0.390 e. The van der Waals surface area contributed by atoms with E-state index in [1.54, 1.807) is 16.9 Å². The average molecular weight is 491 g/mol. The molecular weight excluding hydrogens is 467 g/mol. The Kier molecular flexibility index (Phi) is 6.97. The molecule has 1 aliphatic rings. The van der Waals surface area contributed by atoms with Gasteiger partial charge in [0.2, 0.25) is 5.78 Å². The van der Waals surface area contributed by atoms with Gasteiger partial charge in [-0.05, 0) is 18.1 Å². The summed E-state index contributed by atoms with van der Waals surface area (Å²) in [5.41, 5.74) is 1.26. The van der Waals surface area contributed by atoms with Crippen molar-refractivity contribution in [2.45, 2.75) is 31.3 Å². The summed E-state index contributed by atoms with van der Waals surface area (Å²) >= 11 is 0. The molecule has 11 nitrogen and oxygen atoms in total. The van der Waals surface area contributed by atoms with E-state index < -0.39 is 46.9 Å². The quantitative estimate of drug-likeness (QED) is 0.366. The fourth-order valence-corrected chi connectivity index (χ4v) is 4.21. The Labute approximate surface area is 195 Å². The lowest BCUT2D eigenvalue weighted by Gasteiger charge is -2.18. The molecule has 180 valence electrons. The molecule has 3 aromatic rings. The fourth-order valence-electron chi connectivity index (χ4n) is 3.85. The van der Waals surface area contributed by atoms with Crippen molar-refractivity contribution in [3.05, 3.63) is 71.9 Å². The zero-order valence-corrected chi connectivity index (χ0v) is 18.7. The SMILES string of the molecule is NS(=O)(=O)OC[C@H]1C[C@@H](Nc2ncncc2C(=O)c2ccn(Cc3ccccc3)n2)[C@H](F)[C@@H]1O. The molecule has 0 amide bonds. The number of benzene rings is 1. The van der Waals surface area contributed by atoms with Gasteiger partial charge in [0.15, 0.2) is 0 Å². The topological polar surface area (TPSA) is 162 Å². The first-order valence-electron chi connectivity index (χ1n) is 10.4. The molecule has 1 fully saturated rings. The van der Waals surface area contributed by atoms with Crippen LogP contribution in [0.15, 0.2) is 55.1 Å². The first-order chi connectivity index (χ1) is 16.2. The number of ketones is 1. The number of rotatable bonds is 9. The number of nitrogens with zero attached hydrogens (tertiary/aromatic N) is 4. The first-order valence-corrected chi connectivity index (χ1v) is 11.9. The zero-order valence-electron chi connectivity index (χ0n) is 17.9. The second-order valence-electron chi connectivity index (χ2n) is 7.96. The summed E-state index contributed by atoms with van der Waals surface area (Å²) in [5, 5.41) is 22.1. The maximum Gasteiger partial charge on any atom is 0.333 e. The van der Waals surface area contributed by atoms with Crippen LogP contribution in [0.3, 0.4) is 0 Å². The van der Waals surface area contributed by atoms with Gasteiger partial charge in [-0.15, -0.1) is 0 Å². The first kappa shape index (κ1) is 23.9. The van der Waals surface area contributed by atoms with E-state index in [1.807, 2.05) is 30.3 Å². The lowest BCUT2D eigenvalue weighted by atomic mass is 10.1. The van der Waals surface area contributed by atoms with Crippen LogP contribution in [0.1, 0.15) is 28.0 Å². The average Bonchev–Trinajstić information content (AvgIpc) is 3.38. The monoisotopic (exact) mass is 490 g/mol. The highest BCUT2D eigenvalue weighted by Gasteiger charge is 2.44. The zero-order chi connectivity index (χ0) is 24.3. The van der Waals surface area contributed by atoms with Crippen LogP contribution in [0.5, 0.6) is 0 Å². The summed E-state index contributed by atoms with van der Waals surface area (Å²) in [6.45, 7) is 0.0169. The van der Waals surface area contributed by atoms with Crippen molar-refractivity contribution in [2.24, 2.45) is 11.1 Å². The molecule has 0 spiro atoms. The van der Waals surface area contributed by atoms with E-state index in [0.29, 0.717) is 6.54 Å². The molecule has 1 aliphatic carbocycles. The Morgan fingerprint density at radius 3 is 2.79 bits per heavy atom. The third-order valence-corrected chi connectivity index (χ3v) is 6.00. The van der Waals surface area contributed by atoms with Gasteiger partial charge in [-0.1, -0.05) is 30.3 Å². The molecule has 4 N–H and O–H groups in total. The van der Waals surface area contributed by atoms with Gasteiger partial charge in [-0.25, -0.2) is 19.5 Å². The van der Waals surface area contributed by atoms with Gasteiger partial charge in [0.1, 0.15) is 24.0 Å². The number of hydrogen-bond donors (Lipinski definition) is 3. The molecule has 1 aromatic carbocycles. The summed E-state index contributed by atoms with van der Waals surface area (Å²) in [4.78, 5) is 21.0. The van der Waals surface area contributed by atoms with Crippen LogP contribution in [0, 0.1) is 5.92 Å². The minimum atomic E-state index is -4.22. The number of aliphatic hydroxyl groups is 1. The molecule has 0 unspecified atom stereocenters. The van der Waals surface area contributed by atoms with Gasteiger partial charge >= 0.3 is 10.3 Å². The molecule has 2 heterocycles. The molecule has 2 aromatic heterocycles. The van der Waals surface area contributed by atoms with E-state index in [1.165, 1.54) is 12.5 Å². The van der Waals surface area contributed by atoms with Gasteiger partial charge in [-0.3, -0.25) is 13.7 Å². The summed E-state index contributed by atoms with van der Waals surface area (Å²) in [7, 11) is -4.22. The smallest absolute Gasteiger partial charge is 0.333 e. The Bertz CT molecular complexity index is 1260. The molecular formula is C21H23FN6O5S. The second-order valence-corrected chi connectivity index (χ2v) is 9.18. The van der Waals surface area contributed by atoms with Gasteiger partial charge in [0.05, 0.1) is 30.9 Å². The van der Waals surface area contributed by atoms with Gasteiger partial charge in [0.25, 0.3) is 0 Å². The highest BCUT2D eigenvalue weighted by molar-refractivity contribution is 7.84. The van der Waals surface area contributed by atoms with E-state index >= 15 is 0 Å². The highest BCUT2D eigenvalue weighted by Crippen LogP contribution is 2.32. The number of halogens is 1. The number of anilines is 1. The van der Waals surface area contributed by atoms with Gasteiger partial charge < -0.3 is 10.4 Å². The highest BCUT2D eigenvalue weighted by atomic mass is 32.2. The van der Waals surface area contributed by atoms with Crippen molar-refractivity contribution in [3.63, 3.8) is 0 Å². The molecule has 4 rings (SSSR count). The minimum absolute atomic E-state index is 0.0290. The normalized spacial score (nSPS) is 22.6. The van der Waals surface area contributed by atoms with E-state index in [4.69, 9.17) is 5.14 Å². The molecule has 4 atom stereocenters. The standard InChI is InChI=1S/C21H23FN6O5S/c22-18-17(8-14(19(18)29)11-33-34(23,31)32)26-21-15(9-24-12-25-21)20(30)16-6-7-28(27-16)10-13-4-2-1-3-5-13/h1-7,9,12,14,17-19,29H,8,10-11H2,(H2,23,31,32)(H,24,25,26)/t14-,17-,18+,19-/m1/s1. The summed E-state index contributed by atoms with van der Waals surface area (Å²) in [6, 6.07) is 10.2. The predicted octanol–water partition coefficient (Wildman–Crippen LogP) is 0.672. The lowest BCUT2D eigenvalue weighted by molar-refractivity contribution is 0.0501. The Morgan fingerprint density at radius 1 is 1.29 bits per heavy atom. The number of alkyl halides is 1. The summed E-state index contributed by atoms with van der Waals surface area (Å²) in [6.07, 6.45) is 0.979. The summed E-state index contributed by atoms with van der Waals surface area (Å²) < 4.78 is 42.9. The van der Waals surface area contributed by atoms with Crippen LogP contribution < -0.4 is 10.5 Å². The van der Waals surface area contributed by atoms with Crippen molar-refractivity contribution in [1.82, 2.24) is 19.7 Å². The lowest BCUT2D eigenvalue weighted by Crippen LogP contribution is -2.33. The number of nitrogens with one attached hydrogen (secondary N) is 1. The van der Waals surface area contributed by atoms with E-state index in [0.717, 1.165) is 5.56 Å². The maximum absolute atomic E-state index is 14.7.